The summed E-state index contributed by atoms with van der Waals surface area (Å²) < 4.78 is 79.0. The monoisotopic (exact) mass is 285 g/mol. The highest BCUT2D eigenvalue weighted by Crippen LogP contribution is 2.49. The molecule has 0 radical (unpaired) electrons. The van der Waals surface area contributed by atoms with Crippen molar-refractivity contribution in [2.24, 2.45) is 0 Å². The summed E-state index contributed by atoms with van der Waals surface area (Å²) in [7, 11) is 0. The van der Waals surface area contributed by atoms with Gasteiger partial charge in [0.2, 0.25) is 0 Å². The van der Waals surface area contributed by atoms with E-state index in [1.165, 1.54) is 24.3 Å². The zero-order valence-electron chi connectivity index (χ0n) is 8.51. The Morgan fingerprint density at radius 2 is 1.50 bits per heavy atom. The van der Waals surface area contributed by atoms with Crippen LogP contribution in [0.3, 0.4) is 0 Å². The summed E-state index contributed by atoms with van der Waals surface area (Å²) in [4.78, 5) is -0.814. The Morgan fingerprint density at radius 3 is 2.06 bits per heavy atom. The molecule has 0 saturated heterocycles. The number of alkyl halides is 6. The molecule has 1 heterocycles. The van der Waals surface area contributed by atoms with Gasteiger partial charge in [-0.2, -0.15) is 30.7 Å². The molecule has 1 aromatic heterocycles. The molecule has 0 fully saturated rings. The van der Waals surface area contributed by atoms with E-state index in [9.17, 15) is 26.3 Å². The lowest BCUT2D eigenvalue weighted by Gasteiger charge is -2.21. The van der Waals surface area contributed by atoms with Gasteiger partial charge in [0, 0.05) is 5.39 Å². The van der Waals surface area contributed by atoms with E-state index in [1.54, 1.807) is 0 Å². The highest BCUT2D eigenvalue weighted by Gasteiger charge is 2.58. The molecule has 2 aromatic rings. The fraction of sp³-hybridized carbons (Fsp3) is 0.300. The second-order valence-electron chi connectivity index (χ2n) is 3.58. The molecular weight excluding hydrogens is 280 g/mol. The second-order valence-corrected chi connectivity index (χ2v) is 4.39. The molecular formula is C10H5F6NS. The Morgan fingerprint density at radius 1 is 0.944 bits per heavy atom. The average Bonchev–Trinajstić information content (AvgIpc) is 2.58. The van der Waals surface area contributed by atoms with Crippen molar-refractivity contribution in [1.82, 2.24) is 4.37 Å². The van der Waals surface area contributed by atoms with Gasteiger partial charge in [0.25, 0.3) is 0 Å². The molecule has 0 spiro atoms. The van der Waals surface area contributed by atoms with Gasteiger partial charge in [-0.15, -0.1) is 0 Å². The molecule has 0 unspecified atom stereocenters. The summed E-state index contributed by atoms with van der Waals surface area (Å²) in [5.41, 5.74) is 0.135. The smallest absolute Gasteiger partial charge is 0.192 e. The Bertz CT molecular complexity index is 541. The molecule has 0 bridgehead atoms. The zero-order chi connectivity index (χ0) is 13.6. The van der Waals surface area contributed by atoms with Crippen LogP contribution >= 0.6 is 11.5 Å². The lowest BCUT2D eigenvalue weighted by atomic mass is 10.0. The molecule has 0 saturated carbocycles. The van der Waals surface area contributed by atoms with E-state index in [0.717, 1.165) is 0 Å². The predicted molar refractivity (Wildman–Crippen MR) is 54.5 cm³/mol. The van der Waals surface area contributed by atoms with Crippen molar-refractivity contribution in [2.75, 3.05) is 0 Å². The first kappa shape index (κ1) is 13.1. The van der Waals surface area contributed by atoms with Gasteiger partial charge < -0.3 is 0 Å². The van der Waals surface area contributed by atoms with Gasteiger partial charge >= 0.3 is 12.4 Å². The van der Waals surface area contributed by atoms with Crippen LogP contribution in [0.15, 0.2) is 24.3 Å². The second kappa shape index (κ2) is 4.11. The van der Waals surface area contributed by atoms with Gasteiger partial charge in [-0.3, -0.25) is 0 Å². The van der Waals surface area contributed by atoms with Crippen molar-refractivity contribution in [3.8, 4) is 0 Å². The molecule has 0 aliphatic heterocycles. The van der Waals surface area contributed by atoms with Crippen LogP contribution in [0, 0.1) is 0 Å². The summed E-state index contributed by atoms with van der Waals surface area (Å²) >= 11 is 0.235. The van der Waals surface area contributed by atoms with E-state index >= 15 is 0 Å². The molecule has 18 heavy (non-hydrogen) atoms. The van der Waals surface area contributed by atoms with E-state index in [2.05, 4.69) is 4.37 Å². The Labute approximate surface area is 101 Å². The van der Waals surface area contributed by atoms with Crippen molar-refractivity contribution in [3.05, 3.63) is 29.1 Å². The van der Waals surface area contributed by atoms with E-state index in [1.807, 2.05) is 0 Å². The van der Waals surface area contributed by atoms with Crippen molar-refractivity contribution in [1.29, 1.82) is 0 Å². The highest BCUT2D eigenvalue weighted by atomic mass is 32.1. The maximum absolute atomic E-state index is 12.6. The largest absolute Gasteiger partial charge is 0.405 e. The first-order valence-electron chi connectivity index (χ1n) is 4.69. The van der Waals surface area contributed by atoms with Gasteiger partial charge in [-0.05, 0) is 17.6 Å². The van der Waals surface area contributed by atoms with E-state index in [-0.39, 0.29) is 22.4 Å². The van der Waals surface area contributed by atoms with Crippen LogP contribution in [-0.2, 0) is 0 Å². The topological polar surface area (TPSA) is 12.9 Å². The predicted octanol–water partition coefficient (Wildman–Crippen LogP) is 4.50. The summed E-state index contributed by atoms with van der Waals surface area (Å²) in [5.74, 6) is -3.48. The number of hydrogen-bond donors (Lipinski definition) is 0. The number of aromatic nitrogens is 1. The number of nitrogens with zero attached hydrogens (tertiary/aromatic N) is 1. The van der Waals surface area contributed by atoms with E-state index in [4.69, 9.17) is 0 Å². The summed E-state index contributed by atoms with van der Waals surface area (Å²) in [5, 5.41) is -0.109. The minimum Gasteiger partial charge on any atom is -0.192 e. The molecule has 0 N–H and O–H groups in total. The number of fused-ring (bicyclic) bond motifs is 1. The highest BCUT2D eigenvalue weighted by molar-refractivity contribution is 7.07. The molecule has 2 rings (SSSR count). The normalized spacial score (nSPS) is 13.5. The van der Waals surface area contributed by atoms with Crippen LogP contribution in [0.1, 0.15) is 10.8 Å². The quantitative estimate of drug-likeness (QED) is 0.703. The Balaban J connectivity index is 2.63. The molecule has 1 aromatic carbocycles. The van der Waals surface area contributed by atoms with Gasteiger partial charge in [-0.25, -0.2) is 0 Å². The van der Waals surface area contributed by atoms with E-state index in [0.29, 0.717) is 0 Å². The summed E-state index contributed by atoms with van der Waals surface area (Å²) in [6, 6.07) is 5.46. The maximum Gasteiger partial charge on any atom is 0.405 e. The van der Waals surface area contributed by atoms with Crippen molar-refractivity contribution < 1.29 is 26.3 Å². The van der Waals surface area contributed by atoms with Crippen LogP contribution in [-0.4, -0.2) is 16.7 Å². The zero-order valence-corrected chi connectivity index (χ0v) is 9.33. The number of halogens is 6. The summed E-state index contributed by atoms with van der Waals surface area (Å²) in [6.45, 7) is 0. The van der Waals surface area contributed by atoms with Crippen LogP contribution < -0.4 is 0 Å². The van der Waals surface area contributed by atoms with Crippen LogP contribution in [0.25, 0.3) is 10.9 Å². The van der Waals surface area contributed by atoms with Gasteiger partial charge in [-0.1, -0.05) is 18.2 Å². The third kappa shape index (κ3) is 2.29. The maximum atomic E-state index is 12.6. The number of benzene rings is 1. The molecule has 1 nitrogen and oxygen atoms in total. The molecule has 0 atom stereocenters. The van der Waals surface area contributed by atoms with Gasteiger partial charge in [0.1, 0.15) is 0 Å². The van der Waals surface area contributed by atoms with Gasteiger partial charge in [0.15, 0.2) is 5.92 Å². The molecule has 98 valence electrons. The molecule has 0 aliphatic rings. The lowest BCUT2D eigenvalue weighted by Crippen LogP contribution is -2.33. The summed E-state index contributed by atoms with van der Waals surface area (Å²) in [6.07, 6.45) is -10.8. The fourth-order valence-corrected chi connectivity index (χ4v) is 2.60. The van der Waals surface area contributed by atoms with Crippen LogP contribution in [0.2, 0.25) is 0 Å². The Kier molecular flexibility index (Phi) is 3.00. The third-order valence-electron chi connectivity index (χ3n) is 2.33. The van der Waals surface area contributed by atoms with Crippen LogP contribution in [0.5, 0.6) is 0 Å². The molecule has 8 heteroatoms. The number of rotatable bonds is 1. The minimum absolute atomic E-state index is 0.109. The lowest BCUT2D eigenvalue weighted by molar-refractivity contribution is -0.252. The van der Waals surface area contributed by atoms with Crippen molar-refractivity contribution in [2.45, 2.75) is 18.3 Å². The number of hydrogen-bond acceptors (Lipinski definition) is 2. The first-order valence-corrected chi connectivity index (χ1v) is 5.46. The average molecular weight is 285 g/mol. The first-order chi connectivity index (χ1) is 8.21. The van der Waals surface area contributed by atoms with Crippen molar-refractivity contribution >= 4 is 22.4 Å². The molecule has 0 amide bonds. The standard InChI is InChI=1S/C10H5F6NS/c11-9(12,13)8(10(14,15)16)7-5-3-1-2-4-6(5)17-18-7/h1-4,8H. The minimum atomic E-state index is -5.38. The molecule has 0 aliphatic carbocycles. The van der Waals surface area contributed by atoms with Crippen molar-refractivity contribution in [3.63, 3.8) is 0 Å². The van der Waals surface area contributed by atoms with Crippen LogP contribution in [0.4, 0.5) is 26.3 Å². The Hall–Kier alpha value is -1.31. The third-order valence-corrected chi connectivity index (χ3v) is 3.27. The van der Waals surface area contributed by atoms with E-state index < -0.39 is 23.1 Å². The SMILES string of the molecule is FC(F)(F)C(c1snc2ccccc12)C(F)(F)F. The van der Waals surface area contributed by atoms with Gasteiger partial charge in [0.05, 0.1) is 10.4 Å². The fourth-order valence-electron chi connectivity index (χ4n) is 1.60.